The van der Waals surface area contributed by atoms with Gasteiger partial charge in [0.1, 0.15) is 4.88 Å². The van der Waals surface area contributed by atoms with Crippen LogP contribution >= 0.6 is 11.3 Å². The first-order valence-corrected chi connectivity index (χ1v) is 12.0. The summed E-state index contributed by atoms with van der Waals surface area (Å²) in [6.07, 6.45) is 7.37. The van der Waals surface area contributed by atoms with E-state index in [-0.39, 0.29) is 10.9 Å². The standard InChI is InChI=1S/C18H19NO4S3/c1-3-23-17(20)16-14-11-7-8-12-15(14)18(24-16)25(2)19-26(21,22)13-9-5-4-6-10-13/h4-6,8-10,12H,3,7,11H2,1-2H3/t25-/m0/s1. The fourth-order valence-corrected chi connectivity index (χ4v) is 7.47. The van der Waals surface area contributed by atoms with E-state index in [9.17, 15) is 13.2 Å². The minimum Gasteiger partial charge on any atom is -0.462 e. The molecule has 0 spiro atoms. The predicted molar refractivity (Wildman–Crippen MR) is 105 cm³/mol. The topological polar surface area (TPSA) is 72.8 Å². The zero-order chi connectivity index (χ0) is 18.7. The molecule has 0 unspecified atom stereocenters. The number of fused-ring (bicyclic) bond motifs is 1. The van der Waals surface area contributed by atoms with E-state index in [4.69, 9.17) is 4.74 Å². The summed E-state index contributed by atoms with van der Waals surface area (Å²) in [5.74, 6) is -0.349. The molecule has 0 radical (unpaired) electrons. The van der Waals surface area contributed by atoms with Gasteiger partial charge in [0.25, 0.3) is 10.0 Å². The van der Waals surface area contributed by atoms with Crippen molar-refractivity contribution in [3.8, 4) is 0 Å². The Labute approximate surface area is 159 Å². The van der Waals surface area contributed by atoms with Gasteiger partial charge in [-0.15, -0.1) is 15.1 Å². The molecule has 8 heteroatoms. The highest BCUT2D eigenvalue weighted by molar-refractivity contribution is 8.00. The normalized spacial score (nSPS) is 14.8. The van der Waals surface area contributed by atoms with Crippen LogP contribution in [-0.4, -0.2) is 27.2 Å². The van der Waals surface area contributed by atoms with Crippen molar-refractivity contribution >= 4 is 44.1 Å². The molecule has 0 amide bonds. The number of nitrogens with zero attached hydrogens (tertiary/aromatic N) is 1. The Morgan fingerprint density at radius 1 is 1.31 bits per heavy atom. The third-order valence-electron chi connectivity index (χ3n) is 3.84. The molecule has 1 aliphatic rings. The van der Waals surface area contributed by atoms with Crippen molar-refractivity contribution in [2.24, 2.45) is 3.77 Å². The fourth-order valence-electron chi connectivity index (χ4n) is 2.70. The Hall–Kier alpha value is -1.77. The molecule has 1 heterocycles. The molecular weight excluding hydrogens is 390 g/mol. The van der Waals surface area contributed by atoms with Crippen LogP contribution in [0.5, 0.6) is 0 Å². The van der Waals surface area contributed by atoms with E-state index >= 15 is 0 Å². The van der Waals surface area contributed by atoms with Crippen LogP contribution in [-0.2, 0) is 31.9 Å². The van der Waals surface area contributed by atoms with Crippen LogP contribution in [0.1, 0.15) is 34.1 Å². The monoisotopic (exact) mass is 409 g/mol. The number of hydrogen-bond acceptors (Lipinski definition) is 5. The maximum absolute atomic E-state index is 12.6. The number of carbonyl (C=O) groups is 1. The molecule has 1 aromatic carbocycles. The minimum atomic E-state index is -3.75. The molecule has 2 aromatic rings. The van der Waals surface area contributed by atoms with Gasteiger partial charge < -0.3 is 4.74 Å². The molecule has 0 fully saturated rings. The van der Waals surface area contributed by atoms with Gasteiger partial charge in [-0.25, -0.2) is 4.79 Å². The van der Waals surface area contributed by atoms with Crippen LogP contribution in [0, 0.1) is 0 Å². The van der Waals surface area contributed by atoms with Crippen molar-refractivity contribution < 1.29 is 17.9 Å². The summed E-state index contributed by atoms with van der Waals surface area (Å²) < 4.78 is 35.2. The van der Waals surface area contributed by atoms with Crippen molar-refractivity contribution in [2.75, 3.05) is 12.9 Å². The lowest BCUT2D eigenvalue weighted by Crippen LogP contribution is -2.06. The Morgan fingerprint density at radius 2 is 2.04 bits per heavy atom. The van der Waals surface area contributed by atoms with Crippen LogP contribution in [0.25, 0.3) is 6.08 Å². The number of esters is 1. The lowest BCUT2D eigenvalue weighted by atomic mass is 10.00. The zero-order valence-electron chi connectivity index (χ0n) is 14.5. The van der Waals surface area contributed by atoms with Crippen molar-refractivity contribution in [3.63, 3.8) is 0 Å². The number of benzene rings is 1. The number of hydrogen-bond donors (Lipinski definition) is 0. The summed E-state index contributed by atoms with van der Waals surface area (Å²) >= 11 is 1.30. The van der Waals surface area contributed by atoms with Gasteiger partial charge in [-0.2, -0.15) is 8.42 Å². The summed E-state index contributed by atoms with van der Waals surface area (Å²) in [5.41, 5.74) is 1.86. The first kappa shape index (κ1) is 19.0. The largest absolute Gasteiger partial charge is 0.462 e. The summed E-state index contributed by atoms with van der Waals surface area (Å²) in [6.45, 7) is 2.08. The number of thiophene rings is 1. The van der Waals surface area contributed by atoms with Crippen LogP contribution in [0.2, 0.25) is 0 Å². The van der Waals surface area contributed by atoms with E-state index in [1.807, 2.05) is 12.2 Å². The minimum absolute atomic E-state index is 0.172. The summed E-state index contributed by atoms with van der Waals surface area (Å²) in [7, 11) is -4.65. The summed E-state index contributed by atoms with van der Waals surface area (Å²) in [6, 6.07) is 8.17. The van der Waals surface area contributed by atoms with Gasteiger partial charge >= 0.3 is 5.97 Å². The Balaban J connectivity index is 2.07. The molecule has 0 saturated carbocycles. The number of sulfonamides is 1. The first-order valence-electron chi connectivity index (χ1n) is 8.12. The van der Waals surface area contributed by atoms with Gasteiger partial charge in [0.05, 0.1) is 15.7 Å². The van der Waals surface area contributed by atoms with Crippen LogP contribution in [0.3, 0.4) is 0 Å². The molecule has 138 valence electrons. The zero-order valence-corrected chi connectivity index (χ0v) is 16.9. The van der Waals surface area contributed by atoms with Gasteiger partial charge in [0.2, 0.25) is 0 Å². The van der Waals surface area contributed by atoms with Crippen molar-refractivity contribution in [2.45, 2.75) is 28.9 Å². The van der Waals surface area contributed by atoms with Crippen LogP contribution in [0.4, 0.5) is 0 Å². The van der Waals surface area contributed by atoms with Gasteiger partial charge in [-0.05, 0) is 54.4 Å². The average Bonchev–Trinajstić information content (AvgIpc) is 3.02. The highest BCUT2D eigenvalue weighted by atomic mass is 32.3. The number of carbonyl (C=O) groups excluding carboxylic acids is 1. The molecule has 0 bridgehead atoms. The summed E-state index contributed by atoms with van der Waals surface area (Å²) in [5, 5.41) is 0. The molecule has 0 aliphatic heterocycles. The quantitative estimate of drug-likeness (QED) is 0.698. The van der Waals surface area contributed by atoms with E-state index in [1.165, 1.54) is 23.5 Å². The SMILES string of the molecule is CCOC(=O)c1sc([S@](C)=NS(=O)(=O)c2ccccc2)c2c1CCC=C2. The highest BCUT2D eigenvalue weighted by Gasteiger charge is 2.25. The van der Waals surface area contributed by atoms with Crippen LogP contribution in [0.15, 0.2) is 49.3 Å². The van der Waals surface area contributed by atoms with E-state index in [0.717, 1.165) is 28.2 Å². The number of ether oxygens (including phenoxy) is 1. The third-order valence-corrected chi connectivity index (χ3v) is 9.14. The van der Waals surface area contributed by atoms with Gasteiger partial charge in [-0.1, -0.05) is 30.4 Å². The lowest BCUT2D eigenvalue weighted by molar-refractivity contribution is 0.0531. The van der Waals surface area contributed by atoms with E-state index < -0.39 is 20.7 Å². The second-order valence-corrected chi connectivity index (χ2v) is 10.3. The number of allylic oxidation sites excluding steroid dienone is 1. The van der Waals surface area contributed by atoms with Gasteiger partial charge in [0.15, 0.2) is 0 Å². The lowest BCUT2D eigenvalue weighted by Gasteiger charge is -2.09. The maximum Gasteiger partial charge on any atom is 0.348 e. The molecule has 26 heavy (non-hydrogen) atoms. The smallest absolute Gasteiger partial charge is 0.348 e. The second-order valence-electron chi connectivity index (χ2n) is 5.61. The molecule has 1 atom stereocenters. The molecule has 1 aliphatic carbocycles. The van der Waals surface area contributed by atoms with E-state index in [1.54, 1.807) is 31.4 Å². The number of rotatable bonds is 5. The Bertz CT molecular complexity index is 989. The molecule has 1 aromatic heterocycles. The fraction of sp³-hybridized carbons (Fsp3) is 0.278. The van der Waals surface area contributed by atoms with Crippen molar-refractivity contribution in [3.05, 3.63) is 52.4 Å². The maximum atomic E-state index is 12.6. The van der Waals surface area contributed by atoms with E-state index in [0.29, 0.717) is 11.5 Å². The van der Waals surface area contributed by atoms with Crippen molar-refractivity contribution in [1.82, 2.24) is 0 Å². The highest BCUT2D eigenvalue weighted by Crippen LogP contribution is 2.37. The average molecular weight is 410 g/mol. The first-order chi connectivity index (χ1) is 12.4. The second kappa shape index (κ2) is 7.85. The molecule has 0 N–H and O–H groups in total. The van der Waals surface area contributed by atoms with Gasteiger partial charge in [0, 0.05) is 5.56 Å². The Morgan fingerprint density at radius 3 is 2.73 bits per heavy atom. The van der Waals surface area contributed by atoms with Gasteiger partial charge in [-0.3, -0.25) is 0 Å². The third kappa shape index (κ3) is 3.82. The predicted octanol–water partition coefficient (Wildman–Crippen LogP) is 4.06. The molecular formula is C18H19NO4S3. The van der Waals surface area contributed by atoms with Crippen LogP contribution < -0.4 is 0 Å². The molecule has 3 rings (SSSR count). The Kier molecular flexibility index (Phi) is 5.74. The molecule has 0 saturated heterocycles. The summed E-state index contributed by atoms with van der Waals surface area (Å²) in [4.78, 5) is 13.0. The molecule has 5 nitrogen and oxygen atoms in total. The van der Waals surface area contributed by atoms with E-state index in [2.05, 4.69) is 3.77 Å². The van der Waals surface area contributed by atoms with Crippen molar-refractivity contribution in [1.29, 1.82) is 0 Å².